The quantitative estimate of drug-likeness (QED) is 0.570. The van der Waals surface area contributed by atoms with E-state index in [0.29, 0.717) is 0 Å². The number of rotatable bonds is 0. The highest BCUT2D eigenvalue weighted by Gasteiger charge is 2.56. The highest BCUT2D eigenvalue weighted by molar-refractivity contribution is 5.92. The Bertz CT molecular complexity index is 490. The summed E-state index contributed by atoms with van der Waals surface area (Å²) in [6.07, 6.45) is -0.606. The van der Waals surface area contributed by atoms with Crippen LogP contribution in [0.2, 0.25) is 0 Å². The predicted molar refractivity (Wildman–Crippen MR) is 70.4 cm³/mol. The first kappa shape index (κ1) is 14.0. The second-order valence-electron chi connectivity index (χ2n) is 7.51. The van der Waals surface area contributed by atoms with Crippen molar-refractivity contribution in [2.24, 2.45) is 17.3 Å². The smallest absolute Gasteiger partial charge is 0.336 e. The lowest BCUT2D eigenvalue weighted by molar-refractivity contribution is -0.154. The van der Waals surface area contributed by atoms with Crippen LogP contribution in [0.3, 0.4) is 0 Å². The minimum atomic E-state index is -1.37. The molecule has 5 nitrogen and oxygen atoms in total. The lowest BCUT2D eigenvalue weighted by Gasteiger charge is -2.34. The Morgan fingerprint density at radius 3 is 2.50 bits per heavy atom. The van der Waals surface area contributed by atoms with E-state index in [1.165, 1.54) is 0 Å². The van der Waals surface area contributed by atoms with E-state index in [-0.39, 0.29) is 34.8 Å². The van der Waals surface area contributed by atoms with Crippen molar-refractivity contribution < 1.29 is 24.9 Å². The van der Waals surface area contributed by atoms with Crippen LogP contribution < -0.4 is 0 Å². The van der Waals surface area contributed by atoms with Crippen LogP contribution in [0.5, 0.6) is 0 Å². The summed E-state index contributed by atoms with van der Waals surface area (Å²) in [6, 6.07) is 0. The number of hydrogen-bond donors (Lipinski definition) is 3. The molecule has 0 unspecified atom stereocenters. The minimum absolute atomic E-state index is 0.0345. The number of aliphatic hydroxyl groups excluding tert-OH is 2. The second-order valence-corrected chi connectivity index (χ2v) is 7.51. The molecule has 1 heterocycles. The fourth-order valence-electron chi connectivity index (χ4n) is 4.34. The van der Waals surface area contributed by atoms with Crippen LogP contribution >= 0.6 is 0 Å². The molecule has 5 atom stereocenters. The molecule has 112 valence electrons. The summed E-state index contributed by atoms with van der Waals surface area (Å²) in [5.74, 6) is -0.860. The van der Waals surface area contributed by atoms with E-state index in [1.807, 2.05) is 0 Å². The van der Waals surface area contributed by atoms with Crippen molar-refractivity contribution in [1.82, 2.24) is 0 Å². The fraction of sp³-hybridized carbons (Fsp3) is 0.800. The molecule has 5 heteroatoms. The van der Waals surface area contributed by atoms with E-state index < -0.39 is 24.0 Å². The molecule has 0 aromatic carbocycles. The van der Waals surface area contributed by atoms with Gasteiger partial charge < -0.3 is 20.1 Å². The third-order valence-corrected chi connectivity index (χ3v) is 5.21. The average Bonchev–Trinajstić information content (AvgIpc) is 2.74. The van der Waals surface area contributed by atoms with Crippen molar-refractivity contribution in [2.75, 3.05) is 0 Å². The minimum Gasteiger partial charge on any atom is -0.428 e. The van der Waals surface area contributed by atoms with Gasteiger partial charge in [0.25, 0.3) is 0 Å². The highest BCUT2D eigenvalue weighted by atomic mass is 16.6. The van der Waals surface area contributed by atoms with Crippen LogP contribution in [0, 0.1) is 17.3 Å². The Morgan fingerprint density at radius 2 is 1.85 bits per heavy atom. The zero-order chi connectivity index (χ0) is 14.9. The van der Waals surface area contributed by atoms with Gasteiger partial charge in [0, 0.05) is 17.6 Å². The van der Waals surface area contributed by atoms with Crippen molar-refractivity contribution in [2.45, 2.75) is 58.0 Å². The predicted octanol–water partition coefficient (Wildman–Crippen LogP) is 0.726. The number of carbonyl (C=O) groups is 1. The molecule has 0 aromatic rings. The molecule has 0 bridgehead atoms. The van der Waals surface area contributed by atoms with Crippen molar-refractivity contribution in [1.29, 1.82) is 0 Å². The number of fused-ring (bicyclic) bond motifs is 1. The summed E-state index contributed by atoms with van der Waals surface area (Å²) in [7, 11) is 0. The van der Waals surface area contributed by atoms with Crippen LogP contribution in [0.15, 0.2) is 11.1 Å². The number of aliphatic hydroxyl groups is 3. The number of cyclic esters (lactones) is 1. The zero-order valence-electron chi connectivity index (χ0n) is 12.1. The summed E-state index contributed by atoms with van der Waals surface area (Å²) in [5.41, 5.74) is -0.519. The summed E-state index contributed by atoms with van der Waals surface area (Å²) in [4.78, 5) is 11.8. The highest BCUT2D eigenvalue weighted by Crippen LogP contribution is 2.55. The van der Waals surface area contributed by atoms with Gasteiger partial charge in [0.2, 0.25) is 6.29 Å². The maximum Gasteiger partial charge on any atom is 0.336 e. The van der Waals surface area contributed by atoms with Gasteiger partial charge in [-0.1, -0.05) is 13.8 Å². The first-order chi connectivity index (χ1) is 9.12. The first-order valence-corrected chi connectivity index (χ1v) is 7.15. The molecule has 2 aliphatic carbocycles. The molecule has 1 aliphatic heterocycles. The molecular weight excluding hydrogens is 260 g/mol. The van der Waals surface area contributed by atoms with Gasteiger partial charge in [0.15, 0.2) is 0 Å². The van der Waals surface area contributed by atoms with Gasteiger partial charge in [-0.15, -0.1) is 0 Å². The standard InChI is InChI=1S/C15H22O5/c1-14(2)4-7-9(6-14)15(3,19)5-8-10(11(7)16)13(18)20-12(8)17/h7,9,11,13,16,18-19H,4-6H2,1-3H3/t7-,9+,11+,13-,15+/m1/s1. The number of hydrogen-bond acceptors (Lipinski definition) is 5. The molecule has 1 saturated carbocycles. The number of carbonyl (C=O) groups excluding carboxylic acids is 1. The van der Waals surface area contributed by atoms with Gasteiger partial charge in [-0.05, 0) is 37.0 Å². The van der Waals surface area contributed by atoms with E-state index in [0.717, 1.165) is 12.8 Å². The Kier molecular flexibility index (Phi) is 2.85. The molecule has 3 rings (SSSR count). The van der Waals surface area contributed by atoms with E-state index in [1.54, 1.807) is 6.92 Å². The van der Waals surface area contributed by atoms with Crippen molar-refractivity contribution in [3.63, 3.8) is 0 Å². The maximum absolute atomic E-state index is 11.8. The second kappa shape index (κ2) is 4.06. The van der Waals surface area contributed by atoms with Crippen LogP contribution in [-0.4, -0.2) is 39.3 Å². The largest absolute Gasteiger partial charge is 0.428 e. The average molecular weight is 282 g/mol. The van der Waals surface area contributed by atoms with Gasteiger partial charge in [-0.25, -0.2) is 4.79 Å². The third-order valence-electron chi connectivity index (χ3n) is 5.21. The molecule has 0 radical (unpaired) electrons. The zero-order valence-corrected chi connectivity index (χ0v) is 12.1. The Hall–Kier alpha value is -0.910. The maximum atomic E-state index is 11.8. The molecule has 20 heavy (non-hydrogen) atoms. The molecule has 3 aliphatic rings. The lowest BCUT2D eigenvalue weighted by Crippen LogP contribution is -2.40. The number of esters is 1. The van der Waals surface area contributed by atoms with Crippen LogP contribution in [0.25, 0.3) is 0 Å². The Balaban J connectivity index is 2.07. The SMILES string of the molecule is CC1(C)C[C@H]2[C@H](O)C3=C(C[C@](C)(O)[C@H]2C1)C(=O)O[C@H]3O. The van der Waals surface area contributed by atoms with E-state index in [4.69, 9.17) is 4.74 Å². The molecule has 1 fully saturated rings. The normalized spacial score (nSPS) is 46.8. The van der Waals surface area contributed by atoms with Crippen molar-refractivity contribution in [3.8, 4) is 0 Å². The van der Waals surface area contributed by atoms with E-state index in [2.05, 4.69) is 13.8 Å². The molecular formula is C15H22O5. The molecule has 0 amide bonds. The van der Waals surface area contributed by atoms with Gasteiger partial charge in [0.05, 0.1) is 11.7 Å². The fourth-order valence-corrected chi connectivity index (χ4v) is 4.34. The van der Waals surface area contributed by atoms with Crippen LogP contribution in [0.1, 0.15) is 40.0 Å². The number of ether oxygens (including phenoxy) is 1. The Labute approximate surface area is 118 Å². The van der Waals surface area contributed by atoms with Gasteiger partial charge in [-0.3, -0.25) is 0 Å². The summed E-state index contributed by atoms with van der Waals surface area (Å²) >= 11 is 0. The summed E-state index contributed by atoms with van der Waals surface area (Å²) in [5, 5.41) is 31.3. The monoisotopic (exact) mass is 282 g/mol. The Morgan fingerprint density at radius 1 is 1.20 bits per heavy atom. The summed E-state index contributed by atoms with van der Waals surface area (Å²) in [6.45, 7) is 5.95. The van der Waals surface area contributed by atoms with E-state index >= 15 is 0 Å². The van der Waals surface area contributed by atoms with Gasteiger partial charge >= 0.3 is 5.97 Å². The molecule has 0 aromatic heterocycles. The third kappa shape index (κ3) is 1.91. The lowest BCUT2D eigenvalue weighted by atomic mass is 9.78. The topological polar surface area (TPSA) is 87.0 Å². The van der Waals surface area contributed by atoms with Gasteiger partial charge in [-0.2, -0.15) is 0 Å². The molecule has 3 N–H and O–H groups in total. The molecule has 0 spiro atoms. The van der Waals surface area contributed by atoms with Crippen LogP contribution in [-0.2, 0) is 9.53 Å². The van der Waals surface area contributed by atoms with Crippen LogP contribution in [0.4, 0.5) is 0 Å². The molecule has 0 saturated heterocycles. The summed E-state index contributed by atoms with van der Waals surface area (Å²) < 4.78 is 4.80. The van der Waals surface area contributed by atoms with E-state index in [9.17, 15) is 20.1 Å². The van der Waals surface area contributed by atoms with Crippen molar-refractivity contribution >= 4 is 5.97 Å². The van der Waals surface area contributed by atoms with Crippen molar-refractivity contribution in [3.05, 3.63) is 11.1 Å². The van der Waals surface area contributed by atoms with Gasteiger partial charge in [0.1, 0.15) is 0 Å². The first-order valence-electron chi connectivity index (χ1n) is 7.15.